The molecule has 1 aliphatic heterocycles. The minimum Gasteiger partial charge on any atom is -0.497 e. The Kier molecular flexibility index (Phi) is 3.83. The zero-order valence-corrected chi connectivity index (χ0v) is 12.5. The van der Waals surface area contributed by atoms with Gasteiger partial charge in [0.2, 0.25) is 0 Å². The number of methoxy groups -OCH3 is 2. The number of fused-ring (bicyclic) bond motifs is 1. The molecule has 2 aromatic rings. The predicted octanol–water partition coefficient (Wildman–Crippen LogP) is 3.36. The Hall–Kier alpha value is -2.75. The van der Waals surface area contributed by atoms with Gasteiger partial charge in [-0.1, -0.05) is 12.1 Å². The van der Waals surface area contributed by atoms with E-state index in [-0.39, 0.29) is 12.4 Å². The molecule has 0 radical (unpaired) electrons. The van der Waals surface area contributed by atoms with Crippen LogP contribution in [0.2, 0.25) is 0 Å². The molecule has 4 heteroatoms. The van der Waals surface area contributed by atoms with Crippen LogP contribution >= 0.6 is 0 Å². The molecule has 0 fully saturated rings. The monoisotopic (exact) mass is 296 g/mol. The van der Waals surface area contributed by atoms with Gasteiger partial charge in [-0.2, -0.15) is 0 Å². The lowest BCUT2D eigenvalue weighted by Crippen LogP contribution is -2.19. The molecular formula is C18H16O4. The third kappa shape index (κ3) is 2.68. The van der Waals surface area contributed by atoms with Crippen molar-refractivity contribution in [3.8, 4) is 17.2 Å². The Morgan fingerprint density at radius 2 is 1.82 bits per heavy atom. The summed E-state index contributed by atoms with van der Waals surface area (Å²) in [6.07, 6.45) is 1.83. The Labute approximate surface area is 128 Å². The molecule has 22 heavy (non-hydrogen) atoms. The van der Waals surface area contributed by atoms with Crippen LogP contribution in [0.5, 0.6) is 17.2 Å². The van der Waals surface area contributed by atoms with Crippen molar-refractivity contribution in [3.63, 3.8) is 0 Å². The smallest absolute Gasteiger partial charge is 0.196 e. The van der Waals surface area contributed by atoms with Gasteiger partial charge < -0.3 is 14.2 Å². The topological polar surface area (TPSA) is 44.8 Å². The second kappa shape index (κ2) is 5.93. The fourth-order valence-corrected chi connectivity index (χ4v) is 2.37. The molecule has 0 bridgehead atoms. The number of benzene rings is 2. The van der Waals surface area contributed by atoms with Gasteiger partial charge >= 0.3 is 0 Å². The standard InChI is InChI=1S/C18H16O4/c1-20-14-5-3-4-12(9-14)8-13-11-22-17-7-6-15(21-2)10-16(17)18(13)19/h3-10H,11H2,1-2H3/b13-8+. The van der Waals surface area contributed by atoms with Crippen molar-refractivity contribution in [1.29, 1.82) is 0 Å². The number of hydrogen-bond acceptors (Lipinski definition) is 4. The maximum Gasteiger partial charge on any atom is 0.196 e. The van der Waals surface area contributed by atoms with Gasteiger partial charge in [0.05, 0.1) is 19.8 Å². The number of rotatable bonds is 3. The maximum atomic E-state index is 12.6. The van der Waals surface area contributed by atoms with Crippen LogP contribution in [-0.2, 0) is 0 Å². The Morgan fingerprint density at radius 1 is 1.05 bits per heavy atom. The highest BCUT2D eigenvalue weighted by molar-refractivity contribution is 6.14. The molecule has 112 valence electrons. The first kappa shape index (κ1) is 14.2. The molecule has 0 spiro atoms. The fraction of sp³-hybridized carbons (Fsp3) is 0.167. The summed E-state index contributed by atoms with van der Waals surface area (Å²) in [5.41, 5.74) is 2.03. The summed E-state index contributed by atoms with van der Waals surface area (Å²) in [6.45, 7) is 0.259. The molecule has 4 nitrogen and oxygen atoms in total. The minimum atomic E-state index is -0.0389. The van der Waals surface area contributed by atoms with Crippen LogP contribution in [0.4, 0.5) is 0 Å². The van der Waals surface area contributed by atoms with Gasteiger partial charge in [-0.25, -0.2) is 0 Å². The molecule has 0 atom stereocenters. The van der Waals surface area contributed by atoms with E-state index in [4.69, 9.17) is 14.2 Å². The average molecular weight is 296 g/mol. The minimum absolute atomic E-state index is 0.0389. The lowest BCUT2D eigenvalue weighted by molar-refractivity contribution is 0.100. The Morgan fingerprint density at radius 3 is 2.59 bits per heavy atom. The highest BCUT2D eigenvalue weighted by Crippen LogP contribution is 2.31. The fourth-order valence-electron chi connectivity index (χ4n) is 2.37. The van der Waals surface area contributed by atoms with Gasteiger partial charge in [0.25, 0.3) is 0 Å². The van der Waals surface area contributed by atoms with Crippen molar-refractivity contribution in [2.75, 3.05) is 20.8 Å². The van der Waals surface area contributed by atoms with Crippen molar-refractivity contribution in [1.82, 2.24) is 0 Å². The van der Waals surface area contributed by atoms with Crippen LogP contribution in [0.15, 0.2) is 48.0 Å². The molecular weight excluding hydrogens is 280 g/mol. The number of Topliss-reactive ketones (excluding diaryl/α,β-unsaturated/α-hetero) is 1. The summed E-state index contributed by atoms with van der Waals surface area (Å²) in [4.78, 5) is 12.6. The SMILES string of the molecule is COc1cccc(/C=C2\COc3ccc(OC)cc3C2=O)c1. The molecule has 0 aliphatic carbocycles. The van der Waals surface area contributed by atoms with Crippen molar-refractivity contribution < 1.29 is 19.0 Å². The number of ketones is 1. The highest BCUT2D eigenvalue weighted by Gasteiger charge is 2.23. The van der Waals surface area contributed by atoms with E-state index in [9.17, 15) is 4.79 Å². The average Bonchev–Trinajstić information content (AvgIpc) is 2.57. The van der Waals surface area contributed by atoms with Crippen LogP contribution in [0.3, 0.4) is 0 Å². The molecule has 0 saturated heterocycles. The van der Waals surface area contributed by atoms with Crippen LogP contribution in [0, 0.1) is 0 Å². The summed E-state index contributed by atoms with van der Waals surface area (Å²) < 4.78 is 16.0. The normalized spacial score (nSPS) is 15.2. The van der Waals surface area contributed by atoms with Gasteiger partial charge in [0.1, 0.15) is 23.9 Å². The first-order chi connectivity index (χ1) is 10.7. The van der Waals surface area contributed by atoms with Crippen LogP contribution < -0.4 is 14.2 Å². The summed E-state index contributed by atoms with van der Waals surface area (Å²) >= 11 is 0. The van der Waals surface area contributed by atoms with E-state index in [0.29, 0.717) is 22.6 Å². The quantitative estimate of drug-likeness (QED) is 0.815. The Balaban J connectivity index is 1.96. The summed E-state index contributed by atoms with van der Waals surface area (Å²) in [5.74, 6) is 1.94. The van der Waals surface area contributed by atoms with E-state index in [1.807, 2.05) is 30.3 Å². The van der Waals surface area contributed by atoms with Gasteiger partial charge in [0.15, 0.2) is 5.78 Å². The highest BCUT2D eigenvalue weighted by atomic mass is 16.5. The Bertz CT molecular complexity index is 747. The lowest BCUT2D eigenvalue weighted by Gasteiger charge is -2.19. The summed E-state index contributed by atoms with van der Waals surface area (Å²) in [6, 6.07) is 12.8. The van der Waals surface area contributed by atoms with E-state index in [2.05, 4.69) is 0 Å². The van der Waals surface area contributed by atoms with Gasteiger partial charge in [-0.3, -0.25) is 4.79 Å². The largest absolute Gasteiger partial charge is 0.497 e. The van der Waals surface area contributed by atoms with E-state index >= 15 is 0 Å². The van der Waals surface area contributed by atoms with Crippen LogP contribution in [0.1, 0.15) is 15.9 Å². The van der Waals surface area contributed by atoms with Crippen LogP contribution in [-0.4, -0.2) is 26.6 Å². The van der Waals surface area contributed by atoms with Gasteiger partial charge in [0, 0.05) is 5.57 Å². The van der Waals surface area contributed by atoms with E-state index < -0.39 is 0 Å². The molecule has 1 heterocycles. The first-order valence-corrected chi connectivity index (χ1v) is 6.91. The zero-order valence-electron chi connectivity index (χ0n) is 12.5. The van der Waals surface area contributed by atoms with E-state index in [1.54, 1.807) is 32.4 Å². The van der Waals surface area contributed by atoms with Crippen molar-refractivity contribution >= 4 is 11.9 Å². The maximum absolute atomic E-state index is 12.6. The number of carbonyl (C=O) groups is 1. The van der Waals surface area contributed by atoms with Crippen LogP contribution in [0.25, 0.3) is 6.08 Å². The number of hydrogen-bond donors (Lipinski definition) is 0. The molecule has 0 saturated carbocycles. The molecule has 0 amide bonds. The van der Waals surface area contributed by atoms with Gasteiger partial charge in [-0.05, 0) is 42.0 Å². The van der Waals surface area contributed by atoms with E-state index in [1.165, 1.54) is 0 Å². The second-order valence-corrected chi connectivity index (χ2v) is 4.93. The second-order valence-electron chi connectivity index (χ2n) is 4.93. The summed E-state index contributed by atoms with van der Waals surface area (Å²) in [5, 5.41) is 0. The van der Waals surface area contributed by atoms with Crippen molar-refractivity contribution in [3.05, 3.63) is 59.2 Å². The first-order valence-electron chi connectivity index (χ1n) is 6.91. The molecule has 0 aromatic heterocycles. The summed E-state index contributed by atoms with van der Waals surface area (Å²) in [7, 11) is 3.19. The lowest BCUT2D eigenvalue weighted by atomic mass is 9.98. The zero-order chi connectivity index (χ0) is 15.5. The number of carbonyl (C=O) groups excluding carboxylic acids is 1. The third-order valence-corrected chi connectivity index (χ3v) is 3.54. The van der Waals surface area contributed by atoms with Crippen molar-refractivity contribution in [2.45, 2.75) is 0 Å². The molecule has 0 N–H and O–H groups in total. The molecule has 0 unspecified atom stereocenters. The third-order valence-electron chi connectivity index (χ3n) is 3.54. The van der Waals surface area contributed by atoms with E-state index in [0.717, 1.165) is 11.3 Å². The molecule has 3 rings (SSSR count). The molecule has 2 aromatic carbocycles. The van der Waals surface area contributed by atoms with Crippen molar-refractivity contribution in [2.24, 2.45) is 0 Å². The van der Waals surface area contributed by atoms with Gasteiger partial charge in [-0.15, -0.1) is 0 Å². The number of ether oxygens (including phenoxy) is 3. The predicted molar refractivity (Wildman–Crippen MR) is 83.8 cm³/mol. The molecule has 1 aliphatic rings.